The number of allylic oxidation sites excluding steroid dienone is 3. The second kappa shape index (κ2) is 11.3. The van der Waals surface area contributed by atoms with E-state index in [0.29, 0.717) is 0 Å². The van der Waals surface area contributed by atoms with Crippen LogP contribution in [-0.2, 0) is 5.41 Å². The SMILES string of the molecule is C=CN(c1ccccn1)c1c(C(C)(C)c2ccccc2C)cc2c3ccccc3n(-c3ccccc3)c2c1C(=C)/C=C\C. The Kier molecular flexibility index (Phi) is 7.33. The van der Waals surface area contributed by atoms with Crippen LogP contribution >= 0.6 is 0 Å². The number of nitrogens with zero attached hydrogens (tertiary/aromatic N) is 3. The molecule has 43 heavy (non-hydrogen) atoms. The number of hydrogen-bond acceptors (Lipinski definition) is 2. The van der Waals surface area contributed by atoms with Gasteiger partial charge in [-0.15, -0.1) is 0 Å². The molecule has 0 saturated carbocycles. The number of rotatable bonds is 8. The van der Waals surface area contributed by atoms with Crippen molar-refractivity contribution in [1.29, 1.82) is 0 Å². The van der Waals surface area contributed by atoms with Crippen LogP contribution in [0.2, 0.25) is 0 Å². The van der Waals surface area contributed by atoms with Crippen molar-refractivity contribution in [3.63, 3.8) is 0 Å². The number of aryl methyl sites for hydroxylation is 1. The van der Waals surface area contributed by atoms with Gasteiger partial charge in [-0.1, -0.05) is 106 Å². The molecule has 0 unspecified atom stereocenters. The third-order valence-corrected chi connectivity index (χ3v) is 8.45. The maximum Gasteiger partial charge on any atom is 0.137 e. The molecule has 212 valence electrons. The van der Waals surface area contributed by atoms with E-state index in [1.165, 1.54) is 27.5 Å². The molecule has 2 aromatic heterocycles. The Bertz CT molecular complexity index is 1990. The van der Waals surface area contributed by atoms with Crippen LogP contribution in [0, 0.1) is 6.92 Å². The van der Waals surface area contributed by atoms with Crippen LogP contribution in [-0.4, -0.2) is 9.55 Å². The molecule has 3 nitrogen and oxygen atoms in total. The molecule has 6 aromatic rings. The molecule has 0 saturated heterocycles. The molecular weight excluding hydrogens is 522 g/mol. The van der Waals surface area contributed by atoms with Crippen molar-refractivity contribution in [1.82, 2.24) is 9.55 Å². The molecule has 2 heterocycles. The summed E-state index contributed by atoms with van der Waals surface area (Å²) >= 11 is 0. The van der Waals surface area contributed by atoms with Crippen LogP contribution < -0.4 is 4.90 Å². The quantitative estimate of drug-likeness (QED) is 0.173. The Labute approximate surface area is 254 Å². The monoisotopic (exact) mass is 559 g/mol. The Morgan fingerprint density at radius 3 is 2.23 bits per heavy atom. The summed E-state index contributed by atoms with van der Waals surface area (Å²) in [6.07, 6.45) is 7.88. The van der Waals surface area contributed by atoms with Gasteiger partial charge in [0.25, 0.3) is 0 Å². The van der Waals surface area contributed by atoms with Gasteiger partial charge in [0.05, 0.1) is 16.7 Å². The number of pyridine rings is 1. The highest BCUT2D eigenvalue weighted by Crippen LogP contribution is 2.49. The van der Waals surface area contributed by atoms with Gasteiger partial charge in [-0.3, -0.25) is 0 Å². The standard InChI is InChI=1S/C40H37N3/c1-7-18-29(4)37-38-32(31-22-13-15-24-35(31)43(38)30-20-10-9-11-21-30)27-34(40(5,6)33-23-14-12-19-28(33)3)39(37)42(8-2)36-25-16-17-26-41-36/h7-27H,2,4H2,1,3,5-6H3/b18-7-. The van der Waals surface area contributed by atoms with E-state index in [-0.39, 0.29) is 5.41 Å². The average molecular weight is 560 g/mol. The van der Waals surface area contributed by atoms with E-state index in [4.69, 9.17) is 4.98 Å². The van der Waals surface area contributed by atoms with Crippen molar-refractivity contribution in [3.8, 4) is 5.69 Å². The van der Waals surface area contributed by atoms with Crippen molar-refractivity contribution >= 4 is 38.9 Å². The van der Waals surface area contributed by atoms with Gasteiger partial charge in [0.2, 0.25) is 0 Å². The number of hydrogen-bond donors (Lipinski definition) is 0. The van der Waals surface area contributed by atoms with Crippen molar-refractivity contribution < 1.29 is 0 Å². The summed E-state index contributed by atoms with van der Waals surface area (Å²) in [6, 6.07) is 36.3. The first-order chi connectivity index (χ1) is 20.9. The zero-order valence-corrected chi connectivity index (χ0v) is 25.4. The van der Waals surface area contributed by atoms with Crippen LogP contribution in [0.3, 0.4) is 0 Å². The van der Waals surface area contributed by atoms with Gasteiger partial charge in [-0.05, 0) is 72.5 Å². The van der Waals surface area contributed by atoms with Gasteiger partial charge in [0.1, 0.15) is 5.82 Å². The van der Waals surface area contributed by atoms with Crippen LogP contribution in [0.1, 0.15) is 43.0 Å². The number of aromatic nitrogens is 2. The van der Waals surface area contributed by atoms with Gasteiger partial charge in [0.15, 0.2) is 0 Å². The lowest BCUT2D eigenvalue weighted by molar-refractivity contribution is 0.637. The van der Waals surface area contributed by atoms with Crippen molar-refractivity contribution in [2.75, 3.05) is 4.90 Å². The highest BCUT2D eigenvalue weighted by Gasteiger charge is 2.34. The van der Waals surface area contributed by atoms with Crippen molar-refractivity contribution in [3.05, 3.63) is 163 Å². The molecule has 0 fully saturated rings. The maximum atomic E-state index is 4.79. The smallest absolute Gasteiger partial charge is 0.137 e. The largest absolute Gasteiger partial charge is 0.309 e. The predicted molar refractivity (Wildman–Crippen MR) is 185 cm³/mol. The first-order valence-electron chi connectivity index (χ1n) is 14.8. The van der Waals surface area contributed by atoms with E-state index in [0.717, 1.165) is 39.4 Å². The van der Waals surface area contributed by atoms with E-state index in [9.17, 15) is 0 Å². The Morgan fingerprint density at radius 1 is 0.837 bits per heavy atom. The molecule has 0 spiro atoms. The molecule has 6 rings (SSSR count). The fourth-order valence-electron chi connectivity index (χ4n) is 6.49. The van der Waals surface area contributed by atoms with E-state index in [2.05, 4.69) is 140 Å². The zero-order chi connectivity index (χ0) is 30.1. The molecule has 3 heteroatoms. The first-order valence-corrected chi connectivity index (χ1v) is 14.8. The summed E-state index contributed by atoms with van der Waals surface area (Å²) in [5, 5.41) is 2.39. The Balaban J connectivity index is 1.88. The summed E-state index contributed by atoms with van der Waals surface area (Å²) in [4.78, 5) is 6.92. The highest BCUT2D eigenvalue weighted by atomic mass is 15.2. The summed E-state index contributed by atoms with van der Waals surface area (Å²) in [5.74, 6) is 0.801. The van der Waals surface area contributed by atoms with E-state index < -0.39 is 0 Å². The average Bonchev–Trinajstić information content (AvgIpc) is 3.36. The van der Waals surface area contributed by atoms with Gasteiger partial charge in [-0.2, -0.15) is 0 Å². The summed E-state index contributed by atoms with van der Waals surface area (Å²) in [6.45, 7) is 17.9. The number of fused-ring (bicyclic) bond motifs is 3. The molecule has 0 amide bonds. The molecule has 0 bridgehead atoms. The molecule has 0 atom stereocenters. The zero-order valence-electron chi connectivity index (χ0n) is 25.4. The topological polar surface area (TPSA) is 21.1 Å². The van der Waals surface area contributed by atoms with Crippen molar-refractivity contribution in [2.45, 2.75) is 33.1 Å². The fourth-order valence-corrected chi connectivity index (χ4v) is 6.49. The normalized spacial score (nSPS) is 11.8. The molecule has 0 radical (unpaired) electrons. The number of benzene rings is 4. The Morgan fingerprint density at radius 2 is 1.53 bits per heavy atom. The molecule has 0 N–H and O–H groups in total. The highest BCUT2D eigenvalue weighted by molar-refractivity contribution is 6.16. The van der Waals surface area contributed by atoms with Gasteiger partial charge in [-0.25, -0.2) is 4.98 Å². The third-order valence-electron chi connectivity index (χ3n) is 8.45. The van der Waals surface area contributed by atoms with Crippen LogP contribution in [0.15, 0.2) is 141 Å². The molecule has 4 aromatic carbocycles. The van der Waals surface area contributed by atoms with Crippen LogP contribution in [0.5, 0.6) is 0 Å². The minimum atomic E-state index is -0.369. The summed E-state index contributed by atoms with van der Waals surface area (Å²) in [5.41, 5.74) is 9.70. The van der Waals surface area contributed by atoms with Crippen LogP contribution in [0.25, 0.3) is 33.1 Å². The molecule has 0 aliphatic carbocycles. The third kappa shape index (κ3) is 4.67. The second-order valence-corrected chi connectivity index (χ2v) is 11.4. The molecule has 0 aliphatic rings. The van der Waals surface area contributed by atoms with Gasteiger partial charge < -0.3 is 9.47 Å². The minimum absolute atomic E-state index is 0.369. The lowest BCUT2D eigenvalue weighted by Crippen LogP contribution is -2.25. The number of anilines is 2. The van der Waals surface area contributed by atoms with E-state index in [1.54, 1.807) is 0 Å². The molecular formula is C40H37N3. The molecule has 0 aliphatic heterocycles. The number of para-hydroxylation sites is 2. The summed E-state index contributed by atoms with van der Waals surface area (Å²) < 4.78 is 2.38. The predicted octanol–water partition coefficient (Wildman–Crippen LogP) is 10.7. The van der Waals surface area contributed by atoms with E-state index in [1.807, 2.05) is 37.5 Å². The Hall–Kier alpha value is -5.15. The van der Waals surface area contributed by atoms with Gasteiger partial charge >= 0.3 is 0 Å². The van der Waals surface area contributed by atoms with Gasteiger partial charge in [0, 0.05) is 39.8 Å². The fraction of sp³-hybridized carbons (Fsp3) is 0.125. The lowest BCUT2D eigenvalue weighted by atomic mass is 9.73. The minimum Gasteiger partial charge on any atom is -0.309 e. The second-order valence-electron chi connectivity index (χ2n) is 11.4. The van der Waals surface area contributed by atoms with Crippen molar-refractivity contribution in [2.24, 2.45) is 0 Å². The maximum absolute atomic E-state index is 4.79. The van der Waals surface area contributed by atoms with Crippen LogP contribution in [0.4, 0.5) is 11.5 Å². The van der Waals surface area contributed by atoms with E-state index >= 15 is 0 Å². The lowest BCUT2D eigenvalue weighted by Gasteiger charge is -2.35. The summed E-state index contributed by atoms with van der Waals surface area (Å²) in [7, 11) is 0. The first kappa shape index (κ1) is 28.0.